The number of rotatable bonds is 4. The smallest absolute Gasteiger partial charge is 0.186 e. The minimum Gasteiger partial charge on any atom is -0.394 e. The number of hydrogen-bond acceptors (Lipinski definition) is 4. The molecule has 1 aliphatic heterocycles. The van der Waals surface area contributed by atoms with Gasteiger partial charge in [0.25, 0.3) is 0 Å². The molecule has 1 rings (SSSR count). The van der Waals surface area contributed by atoms with Crippen molar-refractivity contribution in [3.63, 3.8) is 0 Å². The number of aliphatic hydroxyl groups excluding tert-OH is 2. The predicted octanol–water partition coefficient (Wildman–Crippen LogP) is -1.29. The van der Waals surface area contributed by atoms with Crippen LogP contribution in [0.3, 0.4) is 0 Å². The van der Waals surface area contributed by atoms with E-state index in [1.165, 1.54) is 0 Å². The van der Waals surface area contributed by atoms with Gasteiger partial charge in [0.15, 0.2) is 6.29 Å². The quantitative estimate of drug-likeness (QED) is 0.470. The Kier molecular flexibility index (Phi) is 2.41. The first-order valence-corrected chi connectivity index (χ1v) is 2.87. The van der Waals surface area contributed by atoms with Crippen LogP contribution in [0.2, 0.25) is 0 Å². The van der Waals surface area contributed by atoms with Crippen LogP contribution in [0.5, 0.6) is 0 Å². The van der Waals surface area contributed by atoms with E-state index >= 15 is 0 Å². The van der Waals surface area contributed by atoms with Gasteiger partial charge in [-0.15, -0.1) is 0 Å². The molecule has 0 amide bonds. The van der Waals surface area contributed by atoms with Crippen molar-refractivity contribution in [3.8, 4) is 0 Å². The minimum absolute atomic E-state index is 0.00198. The third-order valence-electron chi connectivity index (χ3n) is 1.09. The third-order valence-corrected chi connectivity index (χ3v) is 1.09. The maximum Gasteiger partial charge on any atom is 0.186 e. The van der Waals surface area contributed by atoms with Crippen molar-refractivity contribution in [2.75, 3.05) is 19.8 Å². The van der Waals surface area contributed by atoms with Gasteiger partial charge in [-0.1, -0.05) is 0 Å². The van der Waals surface area contributed by atoms with Crippen LogP contribution < -0.4 is 0 Å². The second-order valence-electron chi connectivity index (χ2n) is 1.82. The van der Waals surface area contributed by atoms with Gasteiger partial charge in [-0.2, -0.15) is 0 Å². The van der Waals surface area contributed by atoms with Gasteiger partial charge in [0.05, 0.1) is 19.8 Å². The molecule has 1 aliphatic rings. The molecule has 2 atom stereocenters. The molecule has 0 aromatic rings. The molecular weight excluding hydrogens is 124 g/mol. The lowest BCUT2D eigenvalue weighted by Gasteiger charge is -1.92. The summed E-state index contributed by atoms with van der Waals surface area (Å²) >= 11 is 0. The largest absolute Gasteiger partial charge is 0.394 e. The number of ether oxygens (including phenoxy) is 2. The van der Waals surface area contributed by atoms with Gasteiger partial charge in [0.2, 0.25) is 0 Å². The molecule has 9 heavy (non-hydrogen) atoms. The Balaban J connectivity index is 1.92. The van der Waals surface area contributed by atoms with Crippen molar-refractivity contribution in [1.29, 1.82) is 0 Å². The monoisotopic (exact) mass is 134 g/mol. The van der Waals surface area contributed by atoms with E-state index in [1.54, 1.807) is 0 Å². The molecule has 0 bridgehead atoms. The Labute approximate surface area is 53.0 Å². The highest BCUT2D eigenvalue weighted by molar-refractivity contribution is 4.74. The van der Waals surface area contributed by atoms with Crippen molar-refractivity contribution in [1.82, 2.24) is 0 Å². The molecule has 4 heteroatoms. The highest BCUT2D eigenvalue weighted by atomic mass is 16.8. The number of epoxide rings is 1. The molecule has 54 valence electrons. The number of hydrogen-bond donors (Lipinski definition) is 2. The molecule has 0 spiro atoms. The average Bonchev–Trinajstić information content (AvgIpc) is 2.62. The number of aliphatic hydroxyl groups is 2. The maximum absolute atomic E-state index is 8.41. The molecule has 4 nitrogen and oxygen atoms in total. The van der Waals surface area contributed by atoms with Crippen LogP contribution in [0.1, 0.15) is 0 Å². The van der Waals surface area contributed by atoms with Gasteiger partial charge in [-0.05, 0) is 0 Å². The molecule has 2 N–H and O–H groups in total. The van der Waals surface area contributed by atoms with E-state index in [0.717, 1.165) is 0 Å². The third kappa shape index (κ3) is 1.91. The first-order chi connectivity index (χ1) is 4.38. The fourth-order valence-corrected chi connectivity index (χ4v) is 0.571. The summed E-state index contributed by atoms with van der Waals surface area (Å²) in [6, 6.07) is 0. The molecule has 0 aromatic heterocycles. The van der Waals surface area contributed by atoms with Crippen molar-refractivity contribution in [2.24, 2.45) is 0 Å². The van der Waals surface area contributed by atoms with Gasteiger partial charge in [0.1, 0.15) is 6.10 Å². The van der Waals surface area contributed by atoms with E-state index in [4.69, 9.17) is 19.7 Å². The minimum atomic E-state index is -0.276. The normalized spacial score (nSPS) is 32.7. The molecule has 2 unspecified atom stereocenters. The van der Waals surface area contributed by atoms with E-state index in [-0.39, 0.29) is 32.2 Å². The summed E-state index contributed by atoms with van der Waals surface area (Å²) in [5.74, 6) is 0. The Morgan fingerprint density at radius 1 is 1.44 bits per heavy atom. The van der Waals surface area contributed by atoms with Crippen LogP contribution in [0.15, 0.2) is 0 Å². The summed E-state index contributed by atoms with van der Waals surface area (Å²) in [5.41, 5.74) is 0. The first-order valence-electron chi connectivity index (χ1n) is 2.87. The second-order valence-corrected chi connectivity index (χ2v) is 1.82. The van der Waals surface area contributed by atoms with Crippen LogP contribution in [0, 0.1) is 0 Å². The van der Waals surface area contributed by atoms with Gasteiger partial charge in [0, 0.05) is 0 Å². The molecule has 1 saturated heterocycles. The zero-order valence-electron chi connectivity index (χ0n) is 4.99. The molecule has 0 radical (unpaired) electrons. The van der Waals surface area contributed by atoms with Gasteiger partial charge in [-0.3, -0.25) is 0 Å². The highest BCUT2D eigenvalue weighted by Gasteiger charge is 2.38. The summed E-state index contributed by atoms with van der Waals surface area (Å²) < 4.78 is 9.66. The van der Waals surface area contributed by atoms with Gasteiger partial charge in [-0.25, -0.2) is 0 Å². The average molecular weight is 134 g/mol. The Hall–Kier alpha value is -0.160. The van der Waals surface area contributed by atoms with Crippen molar-refractivity contribution >= 4 is 0 Å². The summed E-state index contributed by atoms with van der Waals surface area (Å²) in [7, 11) is 0. The van der Waals surface area contributed by atoms with Gasteiger partial charge < -0.3 is 19.7 Å². The summed E-state index contributed by atoms with van der Waals surface area (Å²) in [4.78, 5) is 0. The summed E-state index contributed by atoms with van der Waals surface area (Å²) in [6.45, 7) is 0.273. The predicted molar refractivity (Wildman–Crippen MR) is 28.8 cm³/mol. The standard InChI is InChI=1S/C5H10O4/c6-1-2-8-5-4(3-7)9-5/h4-7H,1-3H2. The van der Waals surface area contributed by atoms with Crippen LogP contribution in [-0.4, -0.2) is 42.4 Å². The second kappa shape index (κ2) is 3.12. The highest BCUT2D eigenvalue weighted by Crippen LogP contribution is 2.21. The SMILES string of the molecule is OCCOC1OC1CO. The van der Waals surface area contributed by atoms with Crippen LogP contribution in [0.4, 0.5) is 0 Å². The van der Waals surface area contributed by atoms with Crippen molar-refractivity contribution in [2.45, 2.75) is 12.4 Å². The van der Waals surface area contributed by atoms with Crippen LogP contribution in [-0.2, 0) is 9.47 Å². The van der Waals surface area contributed by atoms with Crippen molar-refractivity contribution < 1.29 is 19.7 Å². The molecule has 1 heterocycles. The molecule has 0 aliphatic carbocycles. The molecule has 1 fully saturated rings. The van der Waals surface area contributed by atoms with E-state index < -0.39 is 0 Å². The van der Waals surface area contributed by atoms with Gasteiger partial charge >= 0.3 is 0 Å². The Morgan fingerprint density at radius 2 is 2.22 bits per heavy atom. The zero-order chi connectivity index (χ0) is 6.69. The fraction of sp³-hybridized carbons (Fsp3) is 1.00. The molecule has 0 saturated carbocycles. The molecular formula is C5H10O4. The van der Waals surface area contributed by atoms with E-state index in [2.05, 4.69) is 0 Å². The van der Waals surface area contributed by atoms with E-state index in [0.29, 0.717) is 0 Å². The lowest BCUT2D eigenvalue weighted by atomic mass is 10.5. The molecule has 0 aromatic carbocycles. The summed E-state index contributed by atoms with van der Waals surface area (Å²) in [5, 5.41) is 16.7. The van der Waals surface area contributed by atoms with E-state index in [1.807, 2.05) is 0 Å². The Bertz CT molecular complexity index is 85.0. The maximum atomic E-state index is 8.41. The van der Waals surface area contributed by atoms with Crippen LogP contribution in [0.25, 0.3) is 0 Å². The fourth-order valence-electron chi connectivity index (χ4n) is 0.571. The van der Waals surface area contributed by atoms with Crippen LogP contribution >= 0.6 is 0 Å². The lowest BCUT2D eigenvalue weighted by molar-refractivity contribution is 0.0276. The summed E-state index contributed by atoms with van der Waals surface area (Å²) in [6.07, 6.45) is -0.432. The lowest BCUT2D eigenvalue weighted by Crippen LogP contribution is -2.06. The van der Waals surface area contributed by atoms with E-state index in [9.17, 15) is 0 Å². The van der Waals surface area contributed by atoms with Crippen molar-refractivity contribution in [3.05, 3.63) is 0 Å². The zero-order valence-corrected chi connectivity index (χ0v) is 4.99. The first kappa shape index (κ1) is 6.95. The Morgan fingerprint density at radius 3 is 2.67 bits per heavy atom. The topological polar surface area (TPSA) is 62.2 Å².